The molecule has 0 aliphatic heterocycles. The van der Waals surface area contributed by atoms with Crippen LogP contribution in [0.5, 0.6) is 0 Å². The highest BCUT2D eigenvalue weighted by molar-refractivity contribution is 7.09. The molecule has 0 spiro atoms. The number of fused-ring (bicyclic) bond motifs is 1. The van der Waals surface area contributed by atoms with E-state index < -0.39 is 0 Å². The molecule has 0 aliphatic rings. The van der Waals surface area contributed by atoms with Crippen molar-refractivity contribution in [1.29, 1.82) is 0 Å². The second-order valence-corrected chi connectivity index (χ2v) is 7.89. The topological polar surface area (TPSA) is 33.5 Å². The number of amides is 1. The van der Waals surface area contributed by atoms with Crippen LogP contribution in [0, 0.1) is 20.8 Å². The van der Waals surface area contributed by atoms with Crippen molar-refractivity contribution in [2.24, 2.45) is 0 Å². The fourth-order valence-electron chi connectivity index (χ4n) is 3.22. The lowest BCUT2D eigenvalue weighted by Gasteiger charge is -2.22. The zero-order chi connectivity index (χ0) is 19.0. The Bertz CT molecular complexity index is 1090. The van der Waals surface area contributed by atoms with Gasteiger partial charge in [0.25, 0.3) is 5.91 Å². The Balaban J connectivity index is 1.78. The van der Waals surface area contributed by atoms with Gasteiger partial charge in [-0.05, 0) is 56.0 Å². The minimum Gasteiger partial charge on any atom is -0.451 e. The smallest absolute Gasteiger partial charge is 0.294 e. The molecule has 0 N–H and O–H groups in total. The van der Waals surface area contributed by atoms with E-state index in [0.717, 1.165) is 38.2 Å². The number of carbonyl (C=O) groups is 1. The van der Waals surface area contributed by atoms with Crippen LogP contribution in [-0.4, -0.2) is 5.91 Å². The number of benzene rings is 2. The standard InChI is InChI=1S/C23H21NO2S/c1-15-6-9-18(10-7-15)24(14-19-5-4-12-27-19)23(25)22-17(3)20-11-8-16(2)13-21(20)26-22/h4-13H,14H2,1-3H3. The molecule has 136 valence electrons. The van der Waals surface area contributed by atoms with E-state index in [-0.39, 0.29) is 5.91 Å². The molecule has 0 radical (unpaired) electrons. The summed E-state index contributed by atoms with van der Waals surface area (Å²) in [6.45, 7) is 6.54. The Morgan fingerprint density at radius 2 is 1.74 bits per heavy atom. The highest BCUT2D eigenvalue weighted by Gasteiger charge is 2.25. The van der Waals surface area contributed by atoms with E-state index in [1.807, 2.05) is 80.7 Å². The van der Waals surface area contributed by atoms with Gasteiger partial charge in [0.15, 0.2) is 5.76 Å². The normalized spacial score (nSPS) is 11.1. The summed E-state index contributed by atoms with van der Waals surface area (Å²) in [5, 5.41) is 3.02. The molecule has 2 aromatic carbocycles. The van der Waals surface area contributed by atoms with Crippen LogP contribution in [0.1, 0.15) is 32.1 Å². The van der Waals surface area contributed by atoms with Gasteiger partial charge in [-0.15, -0.1) is 11.3 Å². The summed E-state index contributed by atoms with van der Waals surface area (Å²) < 4.78 is 6.00. The maximum absolute atomic E-state index is 13.5. The molecule has 2 heterocycles. The van der Waals surface area contributed by atoms with Gasteiger partial charge in [-0.1, -0.05) is 35.9 Å². The fourth-order valence-corrected chi connectivity index (χ4v) is 3.92. The van der Waals surface area contributed by atoms with Crippen LogP contribution in [0.2, 0.25) is 0 Å². The van der Waals surface area contributed by atoms with Gasteiger partial charge in [-0.2, -0.15) is 0 Å². The Kier molecular flexibility index (Phi) is 4.58. The van der Waals surface area contributed by atoms with Gasteiger partial charge in [-0.25, -0.2) is 0 Å². The van der Waals surface area contributed by atoms with Crippen LogP contribution >= 0.6 is 11.3 Å². The summed E-state index contributed by atoms with van der Waals surface area (Å²) in [7, 11) is 0. The van der Waals surface area contributed by atoms with Gasteiger partial charge in [0.2, 0.25) is 0 Å². The number of aryl methyl sites for hydroxylation is 3. The van der Waals surface area contributed by atoms with Crippen molar-refractivity contribution >= 4 is 33.9 Å². The van der Waals surface area contributed by atoms with Crippen LogP contribution in [0.3, 0.4) is 0 Å². The van der Waals surface area contributed by atoms with Crippen molar-refractivity contribution in [2.45, 2.75) is 27.3 Å². The highest BCUT2D eigenvalue weighted by atomic mass is 32.1. The Labute approximate surface area is 162 Å². The molecule has 1 amide bonds. The van der Waals surface area contributed by atoms with Crippen molar-refractivity contribution < 1.29 is 9.21 Å². The Hall–Kier alpha value is -2.85. The molecule has 4 aromatic rings. The summed E-state index contributed by atoms with van der Waals surface area (Å²) in [6, 6.07) is 18.1. The van der Waals surface area contributed by atoms with E-state index in [9.17, 15) is 4.79 Å². The largest absolute Gasteiger partial charge is 0.451 e. The first-order chi connectivity index (χ1) is 13.0. The van der Waals surface area contributed by atoms with E-state index in [2.05, 4.69) is 0 Å². The lowest BCUT2D eigenvalue weighted by molar-refractivity contribution is 0.0960. The summed E-state index contributed by atoms with van der Waals surface area (Å²) in [6.07, 6.45) is 0. The first kappa shape index (κ1) is 17.6. The number of thiophene rings is 1. The van der Waals surface area contributed by atoms with Gasteiger partial charge < -0.3 is 9.32 Å². The number of hydrogen-bond donors (Lipinski definition) is 0. The van der Waals surface area contributed by atoms with Crippen LogP contribution < -0.4 is 4.90 Å². The zero-order valence-electron chi connectivity index (χ0n) is 15.7. The summed E-state index contributed by atoms with van der Waals surface area (Å²) in [4.78, 5) is 16.4. The van der Waals surface area contributed by atoms with E-state index in [4.69, 9.17) is 4.42 Å². The lowest BCUT2D eigenvalue weighted by atomic mass is 10.1. The van der Waals surface area contributed by atoms with Crippen LogP contribution in [0.15, 0.2) is 64.4 Å². The predicted octanol–water partition coefficient (Wildman–Crippen LogP) is 6.27. The summed E-state index contributed by atoms with van der Waals surface area (Å²) in [5.41, 5.74) is 4.80. The van der Waals surface area contributed by atoms with Crippen LogP contribution in [-0.2, 0) is 6.54 Å². The third-order valence-corrected chi connectivity index (χ3v) is 5.63. The second-order valence-electron chi connectivity index (χ2n) is 6.86. The molecule has 0 fully saturated rings. The molecule has 0 saturated carbocycles. The quantitative estimate of drug-likeness (QED) is 0.421. The van der Waals surface area contributed by atoms with Crippen molar-refractivity contribution in [3.05, 3.63) is 87.3 Å². The lowest BCUT2D eigenvalue weighted by Crippen LogP contribution is -2.30. The molecular formula is C23H21NO2S. The molecule has 0 aliphatic carbocycles. The molecule has 0 unspecified atom stereocenters. The van der Waals surface area contributed by atoms with E-state index in [1.165, 1.54) is 0 Å². The van der Waals surface area contributed by atoms with E-state index in [1.54, 1.807) is 16.2 Å². The molecule has 4 rings (SSSR count). The molecule has 0 bridgehead atoms. The molecule has 3 nitrogen and oxygen atoms in total. The Morgan fingerprint density at radius 1 is 1.00 bits per heavy atom. The van der Waals surface area contributed by atoms with E-state index in [0.29, 0.717) is 12.3 Å². The molecule has 4 heteroatoms. The van der Waals surface area contributed by atoms with Gasteiger partial charge in [0.05, 0.1) is 6.54 Å². The fraction of sp³-hybridized carbons (Fsp3) is 0.174. The molecule has 0 atom stereocenters. The SMILES string of the molecule is Cc1ccc(N(Cc2cccs2)C(=O)c2oc3cc(C)ccc3c2C)cc1. The van der Waals surface area contributed by atoms with Crippen molar-refractivity contribution in [1.82, 2.24) is 0 Å². The van der Waals surface area contributed by atoms with Gasteiger partial charge in [-0.3, -0.25) is 4.79 Å². The zero-order valence-corrected chi connectivity index (χ0v) is 16.5. The molecule has 27 heavy (non-hydrogen) atoms. The van der Waals surface area contributed by atoms with Gasteiger partial charge >= 0.3 is 0 Å². The number of rotatable bonds is 4. The van der Waals surface area contributed by atoms with E-state index >= 15 is 0 Å². The van der Waals surface area contributed by atoms with Crippen LogP contribution in [0.25, 0.3) is 11.0 Å². The average Bonchev–Trinajstić information content (AvgIpc) is 3.28. The Morgan fingerprint density at radius 3 is 2.44 bits per heavy atom. The third kappa shape index (κ3) is 3.40. The number of furan rings is 1. The molecular weight excluding hydrogens is 354 g/mol. The summed E-state index contributed by atoms with van der Waals surface area (Å²) >= 11 is 1.65. The maximum atomic E-state index is 13.5. The van der Waals surface area contributed by atoms with Crippen molar-refractivity contribution in [3.63, 3.8) is 0 Å². The van der Waals surface area contributed by atoms with Crippen LogP contribution in [0.4, 0.5) is 5.69 Å². The monoisotopic (exact) mass is 375 g/mol. The first-order valence-corrected chi connectivity index (χ1v) is 9.81. The minimum atomic E-state index is -0.112. The van der Waals surface area contributed by atoms with Crippen molar-refractivity contribution in [2.75, 3.05) is 4.90 Å². The molecule has 0 saturated heterocycles. The predicted molar refractivity (Wildman–Crippen MR) is 112 cm³/mol. The molecule has 2 aromatic heterocycles. The van der Waals surface area contributed by atoms with Gasteiger partial charge in [0.1, 0.15) is 5.58 Å². The maximum Gasteiger partial charge on any atom is 0.294 e. The number of nitrogens with zero attached hydrogens (tertiary/aromatic N) is 1. The minimum absolute atomic E-state index is 0.112. The van der Waals surface area contributed by atoms with Gasteiger partial charge in [0, 0.05) is 21.5 Å². The second kappa shape index (κ2) is 7.05. The number of anilines is 1. The third-order valence-electron chi connectivity index (χ3n) is 4.77. The first-order valence-electron chi connectivity index (χ1n) is 8.93. The van der Waals surface area contributed by atoms with Crippen molar-refractivity contribution in [3.8, 4) is 0 Å². The average molecular weight is 375 g/mol. The number of carbonyl (C=O) groups excluding carboxylic acids is 1. The highest BCUT2D eigenvalue weighted by Crippen LogP contribution is 2.29. The summed E-state index contributed by atoms with van der Waals surface area (Å²) in [5.74, 6) is 0.298. The number of hydrogen-bond acceptors (Lipinski definition) is 3.